The Labute approximate surface area is 204 Å². The van der Waals surface area contributed by atoms with E-state index in [4.69, 9.17) is 14.5 Å². The predicted molar refractivity (Wildman–Crippen MR) is 122 cm³/mol. The van der Waals surface area contributed by atoms with Gasteiger partial charge in [-0.25, -0.2) is 9.67 Å². The Morgan fingerprint density at radius 1 is 1.22 bits per heavy atom. The average Bonchev–Trinajstić information content (AvgIpc) is 3.43. The monoisotopic (exact) mass is 530 g/mol. The quantitative estimate of drug-likeness (QED) is 0.363. The lowest BCUT2D eigenvalue weighted by atomic mass is 10.1. The van der Waals surface area contributed by atoms with Gasteiger partial charge < -0.3 is 18.6 Å². The molecule has 3 aromatic heterocycles. The van der Waals surface area contributed by atoms with Crippen LogP contribution in [0.15, 0.2) is 18.3 Å². The van der Waals surface area contributed by atoms with Gasteiger partial charge in [-0.3, -0.25) is 4.68 Å². The van der Waals surface area contributed by atoms with Crippen LogP contribution in [0, 0.1) is 0 Å². The third-order valence-electron chi connectivity index (χ3n) is 6.23. The maximum absolute atomic E-state index is 13.2. The van der Waals surface area contributed by atoms with Crippen molar-refractivity contribution in [2.24, 2.45) is 7.05 Å². The molecule has 2 saturated heterocycles. The Morgan fingerprint density at radius 3 is 2.72 bits per heavy atom. The molecular weight excluding hydrogens is 505 g/mol. The van der Waals surface area contributed by atoms with Crippen molar-refractivity contribution in [2.75, 3.05) is 31.3 Å². The van der Waals surface area contributed by atoms with Crippen molar-refractivity contribution in [3.8, 4) is 17.1 Å². The van der Waals surface area contributed by atoms with E-state index < -0.39 is 21.4 Å². The standard InChI is InChI=1S/C21H25F3N6O5S/c1-13-12-33-10-8-29(13)16-11-15(35-36(31,32)21(22,23)24)20-19(26-16)18(27-28(20)2)14-6-7-25-30(14)17-5-3-4-9-34-17/h6-7,11,13,17H,3-5,8-10,12H2,1-2H3/t13-,17?/m1/s1. The molecule has 0 N–H and O–H groups in total. The molecule has 0 amide bonds. The van der Waals surface area contributed by atoms with Crippen molar-refractivity contribution < 1.29 is 35.2 Å². The van der Waals surface area contributed by atoms with E-state index in [0.29, 0.717) is 37.8 Å². The number of pyridine rings is 1. The third kappa shape index (κ3) is 4.39. The van der Waals surface area contributed by atoms with Crippen LogP contribution in [0.2, 0.25) is 0 Å². The van der Waals surface area contributed by atoms with Crippen molar-refractivity contribution in [1.82, 2.24) is 24.5 Å². The molecule has 36 heavy (non-hydrogen) atoms. The molecule has 15 heteroatoms. The molecule has 2 atom stereocenters. The number of fused-ring (bicyclic) bond motifs is 1. The van der Waals surface area contributed by atoms with Crippen molar-refractivity contribution in [2.45, 2.75) is 44.0 Å². The van der Waals surface area contributed by atoms with E-state index in [0.717, 1.165) is 19.3 Å². The molecule has 2 aliphatic heterocycles. The number of aryl methyl sites for hydroxylation is 1. The SMILES string of the molecule is C[C@@H]1COCCN1c1cc(OS(=O)(=O)C(F)(F)F)c2c(n1)c(-c1ccnn1C1CCCCO1)nn2C. The first-order valence-corrected chi connectivity index (χ1v) is 12.9. The van der Waals surface area contributed by atoms with Gasteiger partial charge in [-0.15, -0.1) is 0 Å². The van der Waals surface area contributed by atoms with E-state index in [-0.39, 0.29) is 29.1 Å². The summed E-state index contributed by atoms with van der Waals surface area (Å²) in [5, 5.41) is 8.87. The molecule has 0 radical (unpaired) electrons. The van der Waals surface area contributed by atoms with Crippen molar-refractivity contribution >= 4 is 27.0 Å². The summed E-state index contributed by atoms with van der Waals surface area (Å²) < 4.78 is 82.5. The first kappa shape index (κ1) is 24.8. The van der Waals surface area contributed by atoms with Gasteiger partial charge in [-0.2, -0.15) is 31.8 Å². The van der Waals surface area contributed by atoms with Gasteiger partial charge in [0.25, 0.3) is 0 Å². The molecule has 2 fully saturated rings. The highest BCUT2D eigenvalue weighted by molar-refractivity contribution is 7.88. The first-order valence-electron chi connectivity index (χ1n) is 11.4. The molecule has 0 bridgehead atoms. The topological polar surface area (TPSA) is 114 Å². The van der Waals surface area contributed by atoms with Gasteiger partial charge >= 0.3 is 15.6 Å². The van der Waals surface area contributed by atoms with Crippen LogP contribution in [-0.4, -0.2) is 70.9 Å². The molecule has 2 aliphatic rings. The Bertz CT molecular complexity index is 1370. The zero-order valence-corrected chi connectivity index (χ0v) is 20.4. The number of nitrogens with zero attached hydrogens (tertiary/aromatic N) is 6. The molecule has 196 valence electrons. The van der Waals surface area contributed by atoms with Gasteiger partial charge in [0.15, 0.2) is 12.0 Å². The fraction of sp³-hybridized carbons (Fsp3) is 0.571. The van der Waals surface area contributed by atoms with Gasteiger partial charge in [-0.1, -0.05) is 0 Å². The molecule has 0 spiro atoms. The van der Waals surface area contributed by atoms with Crippen molar-refractivity contribution in [3.63, 3.8) is 0 Å². The lowest BCUT2D eigenvalue weighted by Crippen LogP contribution is -2.44. The maximum atomic E-state index is 13.2. The van der Waals surface area contributed by atoms with Crippen molar-refractivity contribution in [3.05, 3.63) is 18.3 Å². The zero-order chi connectivity index (χ0) is 25.7. The fourth-order valence-electron chi connectivity index (χ4n) is 4.49. The van der Waals surface area contributed by atoms with Gasteiger partial charge in [0, 0.05) is 32.5 Å². The number of anilines is 1. The zero-order valence-electron chi connectivity index (χ0n) is 19.6. The number of morpholine rings is 1. The molecule has 11 nitrogen and oxygen atoms in total. The molecule has 3 aromatic rings. The lowest BCUT2D eigenvalue weighted by Gasteiger charge is -2.34. The van der Waals surface area contributed by atoms with Crippen LogP contribution in [-0.2, 0) is 26.6 Å². The average molecular weight is 531 g/mol. The van der Waals surface area contributed by atoms with Crippen LogP contribution >= 0.6 is 0 Å². The number of hydrogen-bond donors (Lipinski definition) is 0. The van der Waals surface area contributed by atoms with Gasteiger partial charge in [-0.05, 0) is 32.3 Å². The molecule has 1 unspecified atom stereocenters. The maximum Gasteiger partial charge on any atom is 0.534 e. The molecule has 0 aliphatic carbocycles. The summed E-state index contributed by atoms with van der Waals surface area (Å²) in [5.41, 5.74) is -4.57. The second-order valence-electron chi connectivity index (χ2n) is 8.73. The minimum absolute atomic E-state index is 0.000185. The highest BCUT2D eigenvalue weighted by atomic mass is 32.2. The summed E-state index contributed by atoms with van der Waals surface area (Å²) in [4.78, 5) is 6.54. The Morgan fingerprint density at radius 2 is 2.03 bits per heavy atom. The van der Waals surface area contributed by atoms with E-state index in [9.17, 15) is 21.6 Å². The van der Waals surface area contributed by atoms with Crippen molar-refractivity contribution in [1.29, 1.82) is 0 Å². The second kappa shape index (κ2) is 9.19. The van der Waals surface area contributed by atoms with Gasteiger partial charge in [0.1, 0.15) is 22.5 Å². The smallest absolute Gasteiger partial charge is 0.377 e. The third-order valence-corrected chi connectivity index (χ3v) is 7.19. The van der Waals surface area contributed by atoms with Crippen LogP contribution in [0.3, 0.4) is 0 Å². The number of ether oxygens (including phenoxy) is 2. The Balaban J connectivity index is 1.70. The molecule has 0 aromatic carbocycles. The van der Waals surface area contributed by atoms with E-state index in [1.807, 2.05) is 11.8 Å². The van der Waals surface area contributed by atoms with Gasteiger partial charge in [0.2, 0.25) is 0 Å². The van der Waals surface area contributed by atoms with Crippen LogP contribution in [0.1, 0.15) is 32.4 Å². The van der Waals surface area contributed by atoms with E-state index in [2.05, 4.69) is 14.4 Å². The molecule has 0 saturated carbocycles. The number of hydrogen-bond acceptors (Lipinski definition) is 9. The highest BCUT2D eigenvalue weighted by Gasteiger charge is 2.49. The summed E-state index contributed by atoms with van der Waals surface area (Å²) >= 11 is 0. The summed E-state index contributed by atoms with van der Waals surface area (Å²) in [5.74, 6) is -0.271. The summed E-state index contributed by atoms with van der Waals surface area (Å²) in [6.07, 6.45) is 3.88. The first-order chi connectivity index (χ1) is 17.1. The fourth-order valence-corrected chi connectivity index (χ4v) is 4.95. The van der Waals surface area contributed by atoms with Crippen LogP contribution in [0.25, 0.3) is 22.4 Å². The molecule has 5 rings (SSSR count). The van der Waals surface area contributed by atoms with Crippen LogP contribution in [0.4, 0.5) is 19.0 Å². The summed E-state index contributed by atoms with van der Waals surface area (Å²) in [6, 6.07) is 2.75. The lowest BCUT2D eigenvalue weighted by molar-refractivity contribution is -0.0499. The summed E-state index contributed by atoms with van der Waals surface area (Å²) in [6.45, 7) is 3.62. The molecular formula is C21H25F3N6O5S. The van der Waals surface area contributed by atoms with E-state index in [1.54, 1.807) is 16.9 Å². The Kier molecular flexibility index (Phi) is 6.32. The number of alkyl halides is 3. The van der Waals surface area contributed by atoms with Crippen LogP contribution < -0.4 is 9.08 Å². The minimum atomic E-state index is -5.94. The number of aromatic nitrogens is 5. The van der Waals surface area contributed by atoms with Crippen LogP contribution in [0.5, 0.6) is 5.75 Å². The predicted octanol–water partition coefficient (Wildman–Crippen LogP) is 2.98. The van der Waals surface area contributed by atoms with E-state index >= 15 is 0 Å². The highest BCUT2D eigenvalue weighted by Crippen LogP contribution is 2.39. The molecule has 5 heterocycles. The normalized spacial score (nSPS) is 21.8. The minimum Gasteiger partial charge on any atom is -0.377 e. The van der Waals surface area contributed by atoms with Gasteiger partial charge in [0.05, 0.1) is 24.9 Å². The largest absolute Gasteiger partial charge is 0.534 e. The number of rotatable bonds is 5. The van der Waals surface area contributed by atoms with E-state index in [1.165, 1.54) is 17.8 Å². The summed E-state index contributed by atoms with van der Waals surface area (Å²) in [7, 11) is -4.46. The number of halogens is 3. The second-order valence-corrected chi connectivity index (χ2v) is 10.3. The Hall–Kier alpha value is -2.91.